The Morgan fingerprint density at radius 1 is 1.31 bits per heavy atom. The average molecular weight is 235 g/mol. The molecule has 0 atom stereocenters. The molecule has 0 saturated heterocycles. The lowest BCUT2D eigenvalue weighted by Gasteiger charge is -2.02. The monoisotopic (exact) mass is 234 g/mol. The summed E-state index contributed by atoms with van der Waals surface area (Å²) in [5.74, 6) is 0.106. The zero-order chi connectivity index (χ0) is 11.1. The molecule has 0 aliphatic heterocycles. The summed E-state index contributed by atoms with van der Waals surface area (Å²) in [4.78, 5) is 23.7. The molecule has 0 fully saturated rings. The molecule has 0 radical (unpaired) electrons. The van der Waals surface area contributed by atoms with Crippen LogP contribution in [0.4, 0.5) is 0 Å². The van der Waals surface area contributed by atoms with Crippen LogP contribution in [-0.2, 0) is 4.79 Å². The fourth-order valence-corrected chi connectivity index (χ4v) is 1.97. The number of imidazole rings is 1. The summed E-state index contributed by atoms with van der Waals surface area (Å²) in [6.07, 6.45) is 6.13. The number of aromatic nitrogens is 4. The van der Waals surface area contributed by atoms with Crippen LogP contribution < -0.4 is 0 Å². The van der Waals surface area contributed by atoms with Crippen LogP contribution in [0.5, 0.6) is 0 Å². The summed E-state index contributed by atoms with van der Waals surface area (Å²) in [5, 5.41) is 0.301. The van der Waals surface area contributed by atoms with Crippen LogP contribution >= 0.6 is 11.6 Å². The number of hydrogen-bond donors (Lipinski definition) is 0. The van der Waals surface area contributed by atoms with Crippen molar-refractivity contribution in [2.24, 2.45) is 0 Å². The molecule has 5 nitrogen and oxygen atoms in total. The largest absolute Gasteiger partial charge is 0.293 e. The number of carbonyl (C=O) groups is 1. The van der Waals surface area contributed by atoms with Gasteiger partial charge in [-0.15, -0.1) is 0 Å². The van der Waals surface area contributed by atoms with Crippen LogP contribution in [0.25, 0.3) is 16.9 Å². The van der Waals surface area contributed by atoms with E-state index in [1.165, 1.54) is 6.33 Å². The van der Waals surface area contributed by atoms with Crippen LogP contribution in [0.15, 0.2) is 18.7 Å². The molecule has 6 heteroatoms. The van der Waals surface area contributed by atoms with E-state index < -0.39 is 0 Å². The molecule has 0 unspecified atom stereocenters. The average Bonchev–Trinajstić information content (AvgIpc) is 2.84. The molecule has 0 saturated carbocycles. The number of halogens is 1. The predicted molar refractivity (Wildman–Crippen MR) is 58.8 cm³/mol. The first-order chi connectivity index (χ1) is 7.77. The number of ketones is 1. The Balaban J connectivity index is 2.26. The van der Waals surface area contributed by atoms with E-state index in [0.717, 1.165) is 6.42 Å². The zero-order valence-electron chi connectivity index (χ0n) is 8.22. The first-order valence-electron chi connectivity index (χ1n) is 4.84. The van der Waals surface area contributed by atoms with Crippen LogP contribution in [-0.4, -0.2) is 25.3 Å². The van der Waals surface area contributed by atoms with E-state index >= 15 is 0 Å². The molecule has 3 rings (SSSR count). The van der Waals surface area contributed by atoms with Crippen molar-refractivity contribution in [1.82, 2.24) is 19.5 Å². The number of allylic oxidation sites excluding steroid dienone is 2. The van der Waals surface area contributed by atoms with Gasteiger partial charge in [-0.1, -0.05) is 17.7 Å². The molecule has 16 heavy (non-hydrogen) atoms. The number of Topliss-reactive ketones (excluding diaryl/α,β-unsaturated/α-hetero) is 1. The Morgan fingerprint density at radius 2 is 2.19 bits per heavy atom. The van der Waals surface area contributed by atoms with Gasteiger partial charge >= 0.3 is 0 Å². The quantitative estimate of drug-likeness (QED) is 0.705. The van der Waals surface area contributed by atoms with Crippen LogP contribution in [0.2, 0.25) is 5.15 Å². The highest BCUT2D eigenvalue weighted by molar-refractivity contribution is 6.33. The van der Waals surface area contributed by atoms with Gasteiger partial charge in [0, 0.05) is 6.42 Å². The third-order valence-electron chi connectivity index (χ3n) is 2.54. The second-order valence-electron chi connectivity index (χ2n) is 3.50. The van der Waals surface area contributed by atoms with Gasteiger partial charge in [-0.05, 0) is 6.42 Å². The van der Waals surface area contributed by atoms with Gasteiger partial charge in [0.05, 0.1) is 5.70 Å². The molecular weight excluding hydrogens is 228 g/mol. The van der Waals surface area contributed by atoms with Crippen molar-refractivity contribution < 1.29 is 4.79 Å². The minimum absolute atomic E-state index is 0.106. The van der Waals surface area contributed by atoms with Crippen molar-refractivity contribution in [2.45, 2.75) is 12.8 Å². The molecule has 2 aromatic heterocycles. The summed E-state index contributed by atoms with van der Waals surface area (Å²) in [7, 11) is 0. The molecule has 0 amide bonds. The molecule has 2 heterocycles. The van der Waals surface area contributed by atoms with Crippen molar-refractivity contribution in [3.05, 3.63) is 23.9 Å². The third kappa shape index (κ3) is 1.25. The Kier molecular flexibility index (Phi) is 2.00. The van der Waals surface area contributed by atoms with E-state index in [4.69, 9.17) is 11.6 Å². The number of fused-ring (bicyclic) bond motifs is 1. The van der Waals surface area contributed by atoms with Gasteiger partial charge in [-0.2, -0.15) is 0 Å². The van der Waals surface area contributed by atoms with Gasteiger partial charge in [0.1, 0.15) is 18.2 Å². The molecule has 0 spiro atoms. The summed E-state index contributed by atoms with van der Waals surface area (Å²) < 4.78 is 1.66. The van der Waals surface area contributed by atoms with Gasteiger partial charge < -0.3 is 0 Å². The summed E-state index contributed by atoms with van der Waals surface area (Å²) >= 11 is 5.88. The van der Waals surface area contributed by atoms with E-state index in [2.05, 4.69) is 15.0 Å². The summed E-state index contributed by atoms with van der Waals surface area (Å²) in [5.41, 5.74) is 1.71. The lowest BCUT2D eigenvalue weighted by molar-refractivity contribution is -0.113. The Hall–Kier alpha value is -1.75. The lowest BCUT2D eigenvalue weighted by atomic mass is 10.3. The normalized spacial score (nSPS) is 15.8. The number of hydrogen-bond acceptors (Lipinski definition) is 4. The Labute approximate surface area is 95.8 Å². The Morgan fingerprint density at radius 3 is 2.94 bits per heavy atom. The maximum Gasteiger partial charge on any atom is 0.179 e. The fraction of sp³-hybridized carbons (Fsp3) is 0.200. The van der Waals surface area contributed by atoms with Gasteiger partial charge in [-0.25, -0.2) is 15.0 Å². The van der Waals surface area contributed by atoms with Crippen molar-refractivity contribution >= 4 is 34.2 Å². The van der Waals surface area contributed by atoms with Crippen molar-refractivity contribution in [3.8, 4) is 0 Å². The van der Waals surface area contributed by atoms with Crippen molar-refractivity contribution in [3.63, 3.8) is 0 Å². The number of carbonyl (C=O) groups excluding carboxylic acids is 1. The highest BCUT2D eigenvalue weighted by Gasteiger charge is 2.20. The van der Waals surface area contributed by atoms with E-state index in [1.807, 2.05) is 6.08 Å². The maximum absolute atomic E-state index is 11.6. The molecule has 1 aliphatic rings. The second-order valence-corrected chi connectivity index (χ2v) is 3.86. The summed E-state index contributed by atoms with van der Waals surface area (Å²) in [6.45, 7) is 0. The zero-order valence-corrected chi connectivity index (χ0v) is 8.98. The second kappa shape index (κ2) is 3.38. The molecule has 0 aromatic carbocycles. The SMILES string of the molecule is O=C1CCC=C1n1cnc2c(Cl)ncnc21. The van der Waals surface area contributed by atoms with Crippen molar-refractivity contribution in [2.75, 3.05) is 0 Å². The van der Waals surface area contributed by atoms with Crippen LogP contribution in [0, 0.1) is 0 Å². The maximum atomic E-state index is 11.6. The van der Waals surface area contributed by atoms with E-state index in [9.17, 15) is 4.79 Å². The van der Waals surface area contributed by atoms with Crippen LogP contribution in [0.3, 0.4) is 0 Å². The lowest BCUT2D eigenvalue weighted by Crippen LogP contribution is -2.03. The highest BCUT2D eigenvalue weighted by Crippen LogP contribution is 2.24. The standard InChI is InChI=1S/C10H7ClN4O/c11-9-8-10(13-4-12-9)15(5-14-8)6-2-1-3-7(6)16/h2,4-5H,1,3H2. The van der Waals surface area contributed by atoms with E-state index in [0.29, 0.717) is 28.4 Å². The van der Waals surface area contributed by atoms with Crippen molar-refractivity contribution in [1.29, 1.82) is 0 Å². The van der Waals surface area contributed by atoms with E-state index in [-0.39, 0.29) is 5.78 Å². The minimum atomic E-state index is 0.106. The Bertz CT molecular complexity index is 616. The molecule has 0 bridgehead atoms. The van der Waals surface area contributed by atoms with Gasteiger partial charge in [0.2, 0.25) is 0 Å². The number of rotatable bonds is 1. The molecule has 80 valence electrons. The molecule has 0 N–H and O–H groups in total. The van der Waals surface area contributed by atoms with Gasteiger partial charge in [-0.3, -0.25) is 9.36 Å². The van der Waals surface area contributed by atoms with Gasteiger partial charge in [0.25, 0.3) is 0 Å². The highest BCUT2D eigenvalue weighted by atomic mass is 35.5. The van der Waals surface area contributed by atoms with E-state index in [1.54, 1.807) is 10.9 Å². The summed E-state index contributed by atoms with van der Waals surface area (Å²) in [6, 6.07) is 0. The molecule has 2 aromatic rings. The first-order valence-corrected chi connectivity index (χ1v) is 5.22. The number of nitrogens with zero attached hydrogens (tertiary/aromatic N) is 4. The first kappa shape index (κ1) is 9.47. The third-order valence-corrected chi connectivity index (χ3v) is 2.82. The topological polar surface area (TPSA) is 60.7 Å². The van der Waals surface area contributed by atoms with Gasteiger partial charge in [0.15, 0.2) is 16.6 Å². The predicted octanol–water partition coefficient (Wildman–Crippen LogP) is 1.68. The van der Waals surface area contributed by atoms with Crippen LogP contribution in [0.1, 0.15) is 12.8 Å². The smallest absolute Gasteiger partial charge is 0.179 e. The fourth-order valence-electron chi connectivity index (χ4n) is 1.80. The molecular formula is C10H7ClN4O. The molecule has 1 aliphatic carbocycles. The minimum Gasteiger partial charge on any atom is -0.293 e.